The van der Waals surface area contributed by atoms with Crippen LogP contribution in [-0.4, -0.2) is 28.8 Å². The van der Waals surface area contributed by atoms with Crippen LogP contribution in [0, 0.1) is 0 Å². The highest BCUT2D eigenvalue weighted by Crippen LogP contribution is 2.25. The molecule has 0 aliphatic carbocycles. The Labute approximate surface area is 119 Å². The highest BCUT2D eigenvalue weighted by Gasteiger charge is 2.16. The molecule has 0 aliphatic heterocycles. The SMILES string of the molecule is CCCCCCOC(=O)[C@@H](N)Cc1ccc(O)c(O)c1. The van der Waals surface area contributed by atoms with Gasteiger partial charge in [0.15, 0.2) is 11.5 Å². The van der Waals surface area contributed by atoms with Crippen LogP contribution in [0.3, 0.4) is 0 Å². The van der Waals surface area contributed by atoms with E-state index in [9.17, 15) is 15.0 Å². The summed E-state index contributed by atoms with van der Waals surface area (Å²) in [6.07, 6.45) is 4.44. The maximum absolute atomic E-state index is 11.7. The number of esters is 1. The summed E-state index contributed by atoms with van der Waals surface area (Å²) in [5.41, 5.74) is 6.44. The second kappa shape index (κ2) is 8.43. The van der Waals surface area contributed by atoms with Crippen molar-refractivity contribution in [2.75, 3.05) is 6.61 Å². The Morgan fingerprint density at radius 3 is 2.65 bits per heavy atom. The van der Waals surface area contributed by atoms with Gasteiger partial charge in [-0.1, -0.05) is 32.3 Å². The summed E-state index contributed by atoms with van der Waals surface area (Å²) in [4.78, 5) is 11.7. The molecule has 0 unspecified atom stereocenters. The number of nitrogens with two attached hydrogens (primary N) is 1. The van der Waals surface area contributed by atoms with Crippen molar-refractivity contribution in [3.05, 3.63) is 23.8 Å². The minimum atomic E-state index is -0.759. The third-order valence-corrected chi connectivity index (χ3v) is 3.04. The zero-order valence-electron chi connectivity index (χ0n) is 11.8. The molecule has 0 heterocycles. The monoisotopic (exact) mass is 281 g/mol. The molecule has 5 heteroatoms. The summed E-state index contributed by atoms with van der Waals surface area (Å²) in [5, 5.41) is 18.6. The van der Waals surface area contributed by atoms with Gasteiger partial charge in [-0.25, -0.2) is 0 Å². The van der Waals surface area contributed by atoms with Crippen molar-refractivity contribution in [2.45, 2.75) is 45.1 Å². The Morgan fingerprint density at radius 2 is 2.00 bits per heavy atom. The van der Waals surface area contributed by atoms with E-state index in [4.69, 9.17) is 10.5 Å². The van der Waals surface area contributed by atoms with E-state index in [2.05, 4.69) is 6.92 Å². The van der Waals surface area contributed by atoms with Gasteiger partial charge in [0.2, 0.25) is 0 Å². The maximum Gasteiger partial charge on any atom is 0.323 e. The number of rotatable bonds is 8. The van der Waals surface area contributed by atoms with E-state index < -0.39 is 12.0 Å². The zero-order valence-corrected chi connectivity index (χ0v) is 11.8. The molecule has 0 amide bonds. The fourth-order valence-corrected chi connectivity index (χ4v) is 1.84. The number of unbranched alkanes of at least 4 members (excludes halogenated alkanes) is 3. The van der Waals surface area contributed by atoms with E-state index in [1.165, 1.54) is 12.1 Å². The fourth-order valence-electron chi connectivity index (χ4n) is 1.84. The second-order valence-electron chi connectivity index (χ2n) is 4.86. The summed E-state index contributed by atoms with van der Waals surface area (Å²) in [5.74, 6) is -0.850. The predicted molar refractivity (Wildman–Crippen MR) is 76.6 cm³/mol. The number of carbonyl (C=O) groups excluding carboxylic acids is 1. The number of ether oxygens (including phenoxy) is 1. The molecular formula is C15H23NO4. The van der Waals surface area contributed by atoms with E-state index in [0.717, 1.165) is 25.7 Å². The molecular weight excluding hydrogens is 258 g/mol. The average molecular weight is 281 g/mol. The summed E-state index contributed by atoms with van der Waals surface area (Å²) < 4.78 is 5.10. The molecule has 4 N–H and O–H groups in total. The standard InChI is InChI=1S/C15H23NO4/c1-2-3-4-5-8-20-15(19)12(16)9-11-6-7-13(17)14(18)10-11/h6-7,10,12,17-18H,2-5,8-9,16H2,1H3/t12-/m0/s1. The summed E-state index contributed by atoms with van der Waals surface area (Å²) in [6, 6.07) is 3.62. The van der Waals surface area contributed by atoms with Crippen LogP contribution in [0.2, 0.25) is 0 Å². The van der Waals surface area contributed by atoms with Gasteiger partial charge in [0.1, 0.15) is 6.04 Å². The van der Waals surface area contributed by atoms with Crippen LogP contribution in [0.15, 0.2) is 18.2 Å². The first-order valence-corrected chi connectivity index (χ1v) is 6.97. The molecule has 0 aromatic heterocycles. The lowest BCUT2D eigenvalue weighted by molar-refractivity contribution is -0.145. The van der Waals surface area contributed by atoms with Gasteiger partial charge in [0.25, 0.3) is 0 Å². The summed E-state index contributed by atoms with van der Waals surface area (Å²) >= 11 is 0. The van der Waals surface area contributed by atoms with Gasteiger partial charge >= 0.3 is 5.97 Å². The number of benzene rings is 1. The van der Waals surface area contributed by atoms with Crippen LogP contribution in [0.1, 0.15) is 38.2 Å². The molecule has 1 aromatic carbocycles. The van der Waals surface area contributed by atoms with Gasteiger partial charge in [0, 0.05) is 0 Å². The van der Waals surface area contributed by atoms with Gasteiger partial charge in [-0.15, -0.1) is 0 Å². The molecule has 0 bridgehead atoms. The molecule has 0 radical (unpaired) electrons. The molecule has 1 atom stereocenters. The van der Waals surface area contributed by atoms with Gasteiger partial charge < -0.3 is 20.7 Å². The van der Waals surface area contributed by atoms with Crippen molar-refractivity contribution in [2.24, 2.45) is 5.73 Å². The number of phenolic OH excluding ortho intramolecular Hbond substituents is 2. The van der Waals surface area contributed by atoms with Gasteiger partial charge in [-0.3, -0.25) is 4.79 Å². The van der Waals surface area contributed by atoms with Crippen molar-refractivity contribution in [1.29, 1.82) is 0 Å². The van der Waals surface area contributed by atoms with Crippen LogP contribution in [-0.2, 0) is 16.0 Å². The first kappa shape index (κ1) is 16.3. The zero-order chi connectivity index (χ0) is 15.0. The minimum Gasteiger partial charge on any atom is -0.504 e. The largest absolute Gasteiger partial charge is 0.504 e. The second-order valence-corrected chi connectivity index (χ2v) is 4.86. The van der Waals surface area contributed by atoms with Crippen LogP contribution >= 0.6 is 0 Å². The first-order valence-electron chi connectivity index (χ1n) is 6.97. The molecule has 112 valence electrons. The molecule has 0 aliphatic rings. The van der Waals surface area contributed by atoms with Crippen molar-refractivity contribution >= 4 is 5.97 Å². The lowest BCUT2D eigenvalue weighted by Crippen LogP contribution is -2.34. The van der Waals surface area contributed by atoms with Crippen molar-refractivity contribution < 1.29 is 19.7 Å². The maximum atomic E-state index is 11.7. The van der Waals surface area contributed by atoms with E-state index in [0.29, 0.717) is 12.2 Å². The van der Waals surface area contributed by atoms with Crippen molar-refractivity contribution in [3.8, 4) is 11.5 Å². The van der Waals surface area contributed by atoms with Crippen LogP contribution in [0.25, 0.3) is 0 Å². The molecule has 20 heavy (non-hydrogen) atoms. The Kier molecular flexibility index (Phi) is 6.87. The highest BCUT2D eigenvalue weighted by molar-refractivity contribution is 5.75. The normalized spacial score (nSPS) is 12.1. The molecule has 1 rings (SSSR count). The number of phenols is 2. The average Bonchev–Trinajstić information content (AvgIpc) is 2.42. The smallest absolute Gasteiger partial charge is 0.323 e. The van der Waals surface area contributed by atoms with Gasteiger partial charge in [-0.2, -0.15) is 0 Å². The van der Waals surface area contributed by atoms with E-state index in [1.54, 1.807) is 6.07 Å². The van der Waals surface area contributed by atoms with E-state index in [1.807, 2.05) is 0 Å². The highest BCUT2D eigenvalue weighted by atomic mass is 16.5. The molecule has 0 fully saturated rings. The Balaban J connectivity index is 2.35. The molecule has 5 nitrogen and oxygen atoms in total. The van der Waals surface area contributed by atoms with Crippen LogP contribution < -0.4 is 5.73 Å². The van der Waals surface area contributed by atoms with Crippen LogP contribution in [0.4, 0.5) is 0 Å². The Bertz CT molecular complexity index is 434. The quantitative estimate of drug-likeness (QED) is 0.385. The Hall–Kier alpha value is -1.75. The lowest BCUT2D eigenvalue weighted by Gasteiger charge is -2.12. The third kappa shape index (κ3) is 5.48. The van der Waals surface area contributed by atoms with E-state index in [-0.39, 0.29) is 17.9 Å². The van der Waals surface area contributed by atoms with Crippen LogP contribution in [0.5, 0.6) is 11.5 Å². The number of hydrogen-bond acceptors (Lipinski definition) is 5. The topological polar surface area (TPSA) is 92.8 Å². The number of carbonyl (C=O) groups is 1. The Morgan fingerprint density at radius 1 is 1.25 bits per heavy atom. The molecule has 0 saturated heterocycles. The van der Waals surface area contributed by atoms with Crippen molar-refractivity contribution in [3.63, 3.8) is 0 Å². The van der Waals surface area contributed by atoms with Gasteiger partial charge in [0.05, 0.1) is 6.61 Å². The first-order chi connectivity index (χ1) is 9.54. The van der Waals surface area contributed by atoms with Crippen molar-refractivity contribution in [1.82, 2.24) is 0 Å². The number of hydrogen-bond donors (Lipinski definition) is 3. The van der Waals surface area contributed by atoms with Gasteiger partial charge in [-0.05, 0) is 30.5 Å². The molecule has 1 aromatic rings. The predicted octanol–water partition coefficient (Wildman–Crippen LogP) is 2.09. The fraction of sp³-hybridized carbons (Fsp3) is 0.533. The third-order valence-electron chi connectivity index (χ3n) is 3.04. The summed E-state index contributed by atoms with van der Waals surface area (Å²) in [7, 11) is 0. The molecule has 0 spiro atoms. The lowest BCUT2D eigenvalue weighted by atomic mass is 10.1. The number of aromatic hydroxyl groups is 2. The van der Waals surface area contributed by atoms with E-state index >= 15 is 0 Å². The molecule has 0 saturated carbocycles. The minimum absolute atomic E-state index is 0.194. The summed E-state index contributed by atoms with van der Waals surface area (Å²) in [6.45, 7) is 2.52.